The minimum absolute atomic E-state index is 1.28. The number of rotatable bonds is 2. The zero-order valence-electron chi connectivity index (χ0n) is 4.14. The van der Waals surface area contributed by atoms with Gasteiger partial charge in [-0.05, 0) is 18.3 Å². The van der Waals surface area contributed by atoms with Crippen molar-refractivity contribution in [2.45, 2.75) is 0 Å². The van der Waals surface area contributed by atoms with Gasteiger partial charge in [0, 0.05) is 7.11 Å². The first-order valence-electron chi connectivity index (χ1n) is 1.67. The van der Waals surface area contributed by atoms with E-state index >= 15 is 0 Å². The Hall–Kier alpha value is 0.440. The molecule has 0 heterocycles. The van der Waals surface area contributed by atoms with Gasteiger partial charge in [0.15, 0.2) is 0 Å². The smallest absolute Gasteiger partial charge is 0.310 e. The minimum Gasteiger partial charge on any atom is -0.310 e. The lowest BCUT2D eigenvalue weighted by molar-refractivity contribution is 0.401. The number of halogens is 1. The maximum Gasteiger partial charge on any atom is 0.359 e. The lowest BCUT2D eigenvalue weighted by Gasteiger charge is -2.02. The standard InChI is InChI=1S/C2H7ClNO2P/c1-4-7(3,5)6-2/h1-2H3,(H,4,5). The molecule has 0 spiro atoms. The Balaban J connectivity index is 3.61. The van der Waals surface area contributed by atoms with Gasteiger partial charge in [-0.3, -0.25) is 4.57 Å². The molecule has 0 amide bonds. The SMILES string of the molecule is CNP(=O)(Cl)OC. The van der Waals surface area contributed by atoms with Crippen LogP contribution >= 0.6 is 18.1 Å². The zero-order valence-corrected chi connectivity index (χ0v) is 5.79. The highest BCUT2D eigenvalue weighted by Crippen LogP contribution is 2.45. The highest BCUT2D eigenvalue weighted by atomic mass is 35.7. The molecule has 1 unspecified atom stereocenters. The quantitative estimate of drug-likeness (QED) is 0.591. The molecule has 7 heavy (non-hydrogen) atoms. The van der Waals surface area contributed by atoms with Crippen molar-refractivity contribution in [2.24, 2.45) is 0 Å². The van der Waals surface area contributed by atoms with Crippen molar-refractivity contribution in [3.05, 3.63) is 0 Å². The maximum atomic E-state index is 10.4. The van der Waals surface area contributed by atoms with E-state index in [4.69, 9.17) is 11.2 Å². The third-order valence-electron chi connectivity index (χ3n) is 0.502. The molecule has 0 saturated heterocycles. The second-order valence-corrected chi connectivity index (χ2v) is 3.99. The molecule has 0 radical (unpaired) electrons. The first kappa shape index (κ1) is 7.44. The van der Waals surface area contributed by atoms with Gasteiger partial charge >= 0.3 is 6.87 Å². The molecule has 0 rings (SSSR count). The van der Waals surface area contributed by atoms with E-state index in [1.54, 1.807) is 0 Å². The Kier molecular flexibility index (Phi) is 2.84. The van der Waals surface area contributed by atoms with E-state index in [1.165, 1.54) is 14.2 Å². The summed E-state index contributed by atoms with van der Waals surface area (Å²) >= 11 is 5.13. The summed E-state index contributed by atoms with van der Waals surface area (Å²) in [5, 5.41) is 2.29. The lowest BCUT2D eigenvalue weighted by Crippen LogP contribution is -1.97. The van der Waals surface area contributed by atoms with Gasteiger partial charge in [0.2, 0.25) is 0 Å². The monoisotopic (exact) mass is 143 g/mol. The Morgan fingerprint density at radius 3 is 2.29 bits per heavy atom. The van der Waals surface area contributed by atoms with Crippen LogP contribution in [0.1, 0.15) is 0 Å². The molecule has 1 atom stereocenters. The average molecular weight is 144 g/mol. The van der Waals surface area contributed by atoms with Crippen molar-refractivity contribution >= 4 is 18.1 Å². The van der Waals surface area contributed by atoms with E-state index in [2.05, 4.69) is 9.61 Å². The summed E-state index contributed by atoms with van der Waals surface area (Å²) in [7, 11) is 2.75. The molecule has 0 bridgehead atoms. The van der Waals surface area contributed by atoms with Crippen LogP contribution in [0.25, 0.3) is 0 Å². The lowest BCUT2D eigenvalue weighted by atomic mass is 11.6. The van der Waals surface area contributed by atoms with Crippen molar-refractivity contribution in [3.63, 3.8) is 0 Å². The van der Waals surface area contributed by atoms with E-state index in [0.29, 0.717) is 0 Å². The highest BCUT2D eigenvalue weighted by Gasteiger charge is 2.10. The highest BCUT2D eigenvalue weighted by molar-refractivity contribution is 7.83. The topological polar surface area (TPSA) is 38.3 Å². The third-order valence-corrected chi connectivity index (χ3v) is 2.43. The molecule has 0 fully saturated rings. The molecular formula is C2H7ClNO2P. The van der Waals surface area contributed by atoms with E-state index in [0.717, 1.165) is 0 Å². The van der Waals surface area contributed by atoms with Crippen molar-refractivity contribution in [1.82, 2.24) is 5.09 Å². The zero-order chi connectivity index (χ0) is 5.91. The predicted octanol–water partition coefficient (Wildman–Crippen LogP) is 1.20. The Morgan fingerprint density at radius 1 is 1.86 bits per heavy atom. The summed E-state index contributed by atoms with van der Waals surface area (Å²) in [6.07, 6.45) is 0. The van der Waals surface area contributed by atoms with Crippen LogP contribution < -0.4 is 5.09 Å². The Labute approximate surface area is 47.3 Å². The van der Waals surface area contributed by atoms with Crippen LogP contribution in [0.15, 0.2) is 0 Å². The van der Waals surface area contributed by atoms with Gasteiger partial charge in [-0.15, -0.1) is 0 Å². The molecule has 5 heteroatoms. The minimum atomic E-state index is -2.93. The third kappa shape index (κ3) is 3.06. The van der Waals surface area contributed by atoms with Crippen LogP contribution in [0.4, 0.5) is 0 Å². The maximum absolute atomic E-state index is 10.4. The normalized spacial score (nSPS) is 18.7. The van der Waals surface area contributed by atoms with Crippen LogP contribution in [-0.4, -0.2) is 14.2 Å². The van der Waals surface area contributed by atoms with Gasteiger partial charge in [-0.1, -0.05) is 0 Å². The van der Waals surface area contributed by atoms with E-state index in [9.17, 15) is 4.57 Å². The van der Waals surface area contributed by atoms with Crippen molar-refractivity contribution in [2.75, 3.05) is 14.2 Å². The van der Waals surface area contributed by atoms with Crippen molar-refractivity contribution < 1.29 is 9.09 Å². The summed E-state index contributed by atoms with van der Waals surface area (Å²) in [4.78, 5) is 0. The second kappa shape index (κ2) is 2.68. The summed E-state index contributed by atoms with van der Waals surface area (Å²) in [5.41, 5.74) is 0. The summed E-state index contributed by atoms with van der Waals surface area (Å²) < 4.78 is 14.7. The average Bonchev–Trinajstić information content (AvgIpc) is 1.68. The molecule has 0 saturated carbocycles. The fraction of sp³-hybridized carbons (Fsp3) is 1.00. The molecule has 0 aliphatic rings. The second-order valence-electron chi connectivity index (χ2n) is 0.886. The summed E-state index contributed by atoms with van der Waals surface area (Å²) in [6, 6.07) is 0. The van der Waals surface area contributed by atoms with Crippen LogP contribution in [0.5, 0.6) is 0 Å². The molecule has 0 aromatic heterocycles. The number of hydrogen-bond acceptors (Lipinski definition) is 2. The number of nitrogens with one attached hydrogen (secondary N) is 1. The summed E-state index contributed by atoms with van der Waals surface area (Å²) in [6.45, 7) is -2.93. The van der Waals surface area contributed by atoms with Gasteiger partial charge in [0.05, 0.1) is 0 Å². The van der Waals surface area contributed by atoms with E-state index in [-0.39, 0.29) is 0 Å². The van der Waals surface area contributed by atoms with Crippen LogP contribution in [-0.2, 0) is 9.09 Å². The van der Waals surface area contributed by atoms with Crippen LogP contribution in [0.3, 0.4) is 0 Å². The molecule has 0 aliphatic carbocycles. The molecule has 44 valence electrons. The molecule has 0 aliphatic heterocycles. The molecular weight excluding hydrogens is 136 g/mol. The van der Waals surface area contributed by atoms with E-state index < -0.39 is 6.87 Å². The van der Waals surface area contributed by atoms with Gasteiger partial charge in [0.1, 0.15) is 0 Å². The van der Waals surface area contributed by atoms with Gasteiger partial charge in [-0.25, -0.2) is 5.09 Å². The number of hydrogen-bond donors (Lipinski definition) is 1. The van der Waals surface area contributed by atoms with Crippen LogP contribution in [0, 0.1) is 0 Å². The van der Waals surface area contributed by atoms with Gasteiger partial charge < -0.3 is 4.52 Å². The first-order valence-corrected chi connectivity index (χ1v) is 4.20. The van der Waals surface area contributed by atoms with Gasteiger partial charge in [0.25, 0.3) is 0 Å². The Bertz CT molecular complexity index is 87.7. The van der Waals surface area contributed by atoms with Gasteiger partial charge in [-0.2, -0.15) is 0 Å². The van der Waals surface area contributed by atoms with Crippen LogP contribution in [0.2, 0.25) is 0 Å². The molecule has 0 aromatic rings. The van der Waals surface area contributed by atoms with E-state index in [1.807, 2.05) is 0 Å². The summed E-state index contributed by atoms with van der Waals surface area (Å²) in [5.74, 6) is 0. The molecule has 0 aromatic carbocycles. The Morgan fingerprint density at radius 2 is 2.29 bits per heavy atom. The first-order chi connectivity index (χ1) is 3.12. The predicted molar refractivity (Wildman–Crippen MR) is 29.5 cm³/mol. The van der Waals surface area contributed by atoms with Crippen molar-refractivity contribution in [1.29, 1.82) is 0 Å². The molecule has 3 nitrogen and oxygen atoms in total. The molecule has 1 N–H and O–H groups in total. The van der Waals surface area contributed by atoms with Crippen molar-refractivity contribution in [3.8, 4) is 0 Å². The fourth-order valence-corrected chi connectivity index (χ4v) is 0.274. The largest absolute Gasteiger partial charge is 0.359 e. The fourth-order valence-electron chi connectivity index (χ4n) is 0.0913.